The van der Waals surface area contributed by atoms with Crippen LogP contribution in [0.15, 0.2) is 46.4 Å². The van der Waals surface area contributed by atoms with Crippen LogP contribution in [0, 0.1) is 0 Å². The number of aromatic nitrogens is 1. The molecule has 0 aliphatic carbocycles. The number of hydrogen-bond acceptors (Lipinski definition) is 4. The van der Waals surface area contributed by atoms with E-state index in [2.05, 4.69) is 15.0 Å². The Balaban J connectivity index is 2.00. The molecule has 0 saturated heterocycles. The number of nitrogens with one attached hydrogen (secondary N) is 1. The molecule has 0 bridgehead atoms. The molecule has 0 amide bonds. The van der Waals surface area contributed by atoms with Crippen LogP contribution in [0.3, 0.4) is 0 Å². The number of aromatic amines is 1. The Kier molecular flexibility index (Phi) is 2.35. The average Bonchev–Trinajstić information content (AvgIpc) is 3.04. The first-order valence-electron chi connectivity index (χ1n) is 6.47. The van der Waals surface area contributed by atoms with Gasteiger partial charge in [-0.1, -0.05) is 12.1 Å². The van der Waals surface area contributed by atoms with Gasteiger partial charge in [-0.05, 0) is 35.6 Å². The van der Waals surface area contributed by atoms with Crippen molar-refractivity contribution >= 4 is 29.0 Å². The van der Waals surface area contributed by atoms with Gasteiger partial charge in [0.05, 0.1) is 21.9 Å². The topological polar surface area (TPSA) is 81.0 Å². The number of benzene rings is 2. The minimum absolute atomic E-state index is 0.0280. The molecule has 0 saturated carbocycles. The molecule has 5 nitrogen and oxygen atoms in total. The highest BCUT2D eigenvalue weighted by Crippen LogP contribution is 2.33. The highest BCUT2D eigenvalue weighted by molar-refractivity contribution is 5.96. The number of H-pyrrole nitrogens is 1. The molecule has 21 heavy (non-hydrogen) atoms. The fourth-order valence-electron chi connectivity index (χ4n) is 2.54. The molecule has 102 valence electrons. The van der Waals surface area contributed by atoms with Gasteiger partial charge < -0.3 is 15.2 Å². The number of phenolic OH excluding ortho intramolecular Hbond substituents is 1. The highest BCUT2D eigenvalue weighted by Gasteiger charge is 2.11. The molecule has 5 heteroatoms. The normalized spacial score (nSPS) is 13.6. The van der Waals surface area contributed by atoms with Crippen molar-refractivity contribution in [2.75, 3.05) is 0 Å². The van der Waals surface area contributed by atoms with Crippen LogP contribution in [0.5, 0.6) is 11.6 Å². The van der Waals surface area contributed by atoms with E-state index in [1.807, 2.05) is 24.3 Å². The SMILES string of the molecule is Oc1[nH]c2cccc(O)c2c1/C=c1\ccc2c(c1)N=CN=2. The fourth-order valence-corrected chi connectivity index (χ4v) is 2.54. The van der Waals surface area contributed by atoms with Crippen LogP contribution in [-0.2, 0) is 0 Å². The van der Waals surface area contributed by atoms with Crippen molar-refractivity contribution in [3.05, 3.63) is 52.5 Å². The molecule has 4 rings (SSSR count). The Morgan fingerprint density at radius 3 is 2.90 bits per heavy atom. The molecule has 2 aromatic carbocycles. The third kappa shape index (κ3) is 1.79. The molecule has 0 radical (unpaired) electrons. The Hall–Kier alpha value is -3.08. The fraction of sp³-hybridized carbons (Fsp3) is 0. The van der Waals surface area contributed by atoms with Crippen LogP contribution >= 0.6 is 0 Å². The van der Waals surface area contributed by atoms with Crippen LogP contribution in [0.2, 0.25) is 0 Å². The van der Waals surface area contributed by atoms with Crippen molar-refractivity contribution in [2.24, 2.45) is 9.98 Å². The molecule has 1 aliphatic heterocycles. The summed E-state index contributed by atoms with van der Waals surface area (Å²) < 4.78 is 0. The summed E-state index contributed by atoms with van der Waals surface area (Å²) in [6.07, 6.45) is 3.32. The maximum absolute atomic E-state index is 10.1. The number of nitrogens with zero attached hydrogens (tertiary/aromatic N) is 2. The second-order valence-electron chi connectivity index (χ2n) is 4.85. The van der Waals surface area contributed by atoms with Crippen LogP contribution in [0.1, 0.15) is 5.56 Å². The van der Waals surface area contributed by atoms with Crippen LogP contribution in [0.25, 0.3) is 17.0 Å². The van der Waals surface area contributed by atoms with Crippen molar-refractivity contribution in [3.63, 3.8) is 0 Å². The molecule has 0 spiro atoms. The van der Waals surface area contributed by atoms with Crippen molar-refractivity contribution in [2.45, 2.75) is 0 Å². The third-order valence-electron chi connectivity index (χ3n) is 3.52. The highest BCUT2D eigenvalue weighted by atomic mass is 16.3. The lowest BCUT2D eigenvalue weighted by molar-refractivity contribution is 0.456. The summed E-state index contributed by atoms with van der Waals surface area (Å²) in [7, 11) is 0. The molecule has 0 unspecified atom stereocenters. The van der Waals surface area contributed by atoms with E-state index in [9.17, 15) is 10.2 Å². The number of rotatable bonds is 1. The van der Waals surface area contributed by atoms with Gasteiger partial charge in [0.1, 0.15) is 12.1 Å². The number of phenols is 1. The predicted molar refractivity (Wildman–Crippen MR) is 80.6 cm³/mol. The molecule has 0 atom stereocenters. The van der Waals surface area contributed by atoms with Gasteiger partial charge in [0, 0.05) is 5.56 Å². The van der Waals surface area contributed by atoms with Crippen LogP contribution < -0.4 is 10.6 Å². The van der Waals surface area contributed by atoms with Gasteiger partial charge >= 0.3 is 0 Å². The molecule has 1 aromatic heterocycles. The molecular formula is C16H11N3O2. The van der Waals surface area contributed by atoms with E-state index < -0.39 is 0 Å². The summed E-state index contributed by atoms with van der Waals surface area (Å²) in [6, 6.07) is 10.8. The Morgan fingerprint density at radius 2 is 2.00 bits per heavy atom. The summed E-state index contributed by atoms with van der Waals surface area (Å²) in [6.45, 7) is 0. The molecule has 3 N–H and O–H groups in total. The Labute approximate surface area is 119 Å². The van der Waals surface area contributed by atoms with E-state index in [1.165, 1.54) is 6.34 Å². The zero-order valence-electron chi connectivity index (χ0n) is 10.9. The quantitative estimate of drug-likeness (QED) is 0.633. The van der Waals surface area contributed by atoms with Crippen LogP contribution in [0.4, 0.5) is 5.69 Å². The summed E-state index contributed by atoms with van der Waals surface area (Å²) in [4.78, 5) is 11.1. The first-order valence-corrected chi connectivity index (χ1v) is 6.47. The first-order chi connectivity index (χ1) is 10.2. The van der Waals surface area contributed by atoms with E-state index in [0.29, 0.717) is 16.5 Å². The number of aromatic hydroxyl groups is 2. The van der Waals surface area contributed by atoms with Gasteiger partial charge in [0.2, 0.25) is 0 Å². The molecule has 3 aromatic rings. The van der Waals surface area contributed by atoms with Crippen molar-refractivity contribution in [1.29, 1.82) is 0 Å². The number of aliphatic imine (C=N–C) groups is 1. The maximum atomic E-state index is 10.1. The first kappa shape index (κ1) is 11.7. The second-order valence-corrected chi connectivity index (χ2v) is 4.85. The molecule has 1 aliphatic rings. The largest absolute Gasteiger partial charge is 0.507 e. The average molecular weight is 277 g/mol. The Bertz CT molecular complexity index is 1020. The lowest BCUT2D eigenvalue weighted by Gasteiger charge is -1.97. The van der Waals surface area contributed by atoms with Gasteiger partial charge in [-0.15, -0.1) is 0 Å². The van der Waals surface area contributed by atoms with Gasteiger partial charge in [-0.3, -0.25) is 0 Å². The van der Waals surface area contributed by atoms with E-state index in [-0.39, 0.29) is 11.6 Å². The van der Waals surface area contributed by atoms with Crippen molar-refractivity contribution in [3.8, 4) is 11.6 Å². The van der Waals surface area contributed by atoms with E-state index >= 15 is 0 Å². The van der Waals surface area contributed by atoms with Crippen molar-refractivity contribution in [1.82, 2.24) is 4.98 Å². The Morgan fingerprint density at radius 1 is 1.10 bits per heavy atom. The monoisotopic (exact) mass is 277 g/mol. The van der Waals surface area contributed by atoms with Gasteiger partial charge in [-0.25, -0.2) is 9.98 Å². The van der Waals surface area contributed by atoms with Gasteiger partial charge in [0.15, 0.2) is 5.88 Å². The number of hydrogen-bond donors (Lipinski definition) is 3. The summed E-state index contributed by atoms with van der Waals surface area (Å²) >= 11 is 0. The van der Waals surface area contributed by atoms with E-state index in [1.54, 1.807) is 18.2 Å². The molecule has 0 fully saturated rings. The summed E-state index contributed by atoms with van der Waals surface area (Å²) in [5.74, 6) is 0.157. The predicted octanol–water partition coefficient (Wildman–Crippen LogP) is 1.70. The van der Waals surface area contributed by atoms with Crippen molar-refractivity contribution < 1.29 is 10.2 Å². The van der Waals surface area contributed by atoms with E-state index in [0.717, 1.165) is 16.3 Å². The van der Waals surface area contributed by atoms with E-state index in [4.69, 9.17) is 0 Å². The third-order valence-corrected chi connectivity index (χ3v) is 3.52. The standard InChI is InChI=1S/C16H11N3O2/c20-14-3-1-2-12-15(14)10(16(21)19-12)6-9-4-5-11-13(7-9)18-8-17-11/h1-8,19-21H/b9-6+. The second kappa shape index (κ2) is 4.21. The lowest BCUT2D eigenvalue weighted by Crippen LogP contribution is -2.06. The smallest absolute Gasteiger partial charge is 0.197 e. The number of fused-ring (bicyclic) bond motifs is 2. The maximum Gasteiger partial charge on any atom is 0.197 e. The lowest BCUT2D eigenvalue weighted by atomic mass is 10.1. The summed E-state index contributed by atoms with van der Waals surface area (Å²) in [5, 5.41) is 22.4. The van der Waals surface area contributed by atoms with Gasteiger partial charge in [0.25, 0.3) is 0 Å². The molecular weight excluding hydrogens is 266 g/mol. The molecule has 2 heterocycles. The van der Waals surface area contributed by atoms with Gasteiger partial charge in [-0.2, -0.15) is 0 Å². The zero-order valence-corrected chi connectivity index (χ0v) is 10.9. The minimum atomic E-state index is 0.0280. The summed E-state index contributed by atoms with van der Waals surface area (Å²) in [5.41, 5.74) is 2.04. The zero-order chi connectivity index (χ0) is 14.4. The van der Waals surface area contributed by atoms with Crippen LogP contribution in [-0.4, -0.2) is 21.5 Å². The minimum Gasteiger partial charge on any atom is -0.507 e.